The summed E-state index contributed by atoms with van der Waals surface area (Å²) in [5.41, 5.74) is 5.26. The van der Waals surface area contributed by atoms with Crippen LogP contribution >= 0.6 is 11.6 Å². The van der Waals surface area contributed by atoms with Gasteiger partial charge in [0.25, 0.3) is 0 Å². The molecule has 0 aliphatic carbocycles. The predicted molar refractivity (Wildman–Crippen MR) is 121 cm³/mol. The quantitative estimate of drug-likeness (QED) is 0.632. The third kappa shape index (κ3) is 3.96. The van der Waals surface area contributed by atoms with Crippen LogP contribution in [0.5, 0.6) is 0 Å². The molecule has 4 rings (SSSR count). The highest BCUT2D eigenvalue weighted by atomic mass is 35.5. The van der Waals surface area contributed by atoms with Crippen molar-refractivity contribution >= 4 is 39.8 Å². The maximum absolute atomic E-state index is 12.8. The standard InChI is InChI=1S/C24H23ClN4O/c1-15-3-6-21-20(11-15)23(18(13-26)14-27-21)29-9-7-17(8-10-29)24(30)28-22-12-19(25)5-4-16(22)2/h3-6,11-12,14,17H,7-10H2,1-2H3,(H,28,30). The van der Waals surface area contributed by atoms with Gasteiger partial charge in [-0.2, -0.15) is 5.26 Å². The van der Waals surface area contributed by atoms with Crippen LogP contribution in [0, 0.1) is 31.1 Å². The SMILES string of the molecule is Cc1ccc2ncc(C#N)c(N3CCC(C(=O)Nc4cc(Cl)ccc4C)CC3)c2c1. The minimum absolute atomic E-state index is 0.0240. The number of benzene rings is 2. The molecule has 1 saturated heterocycles. The number of carbonyl (C=O) groups excluding carboxylic acids is 1. The van der Waals surface area contributed by atoms with Crippen molar-refractivity contribution in [3.63, 3.8) is 0 Å². The van der Waals surface area contributed by atoms with Gasteiger partial charge in [0.15, 0.2) is 0 Å². The van der Waals surface area contributed by atoms with Gasteiger partial charge in [-0.05, 0) is 56.5 Å². The predicted octanol–water partition coefficient (Wildman–Crippen LogP) is 5.23. The summed E-state index contributed by atoms with van der Waals surface area (Å²) in [5.74, 6) is -0.0454. The lowest BCUT2D eigenvalue weighted by Crippen LogP contribution is -2.38. The number of fused-ring (bicyclic) bond motifs is 1. The Hall–Kier alpha value is -3.10. The molecule has 1 fully saturated rings. The Bertz CT molecular complexity index is 1160. The van der Waals surface area contributed by atoms with E-state index >= 15 is 0 Å². The normalized spacial score (nSPS) is 14.5. The van der Waals surface area contributed by atoms with Gasteiger partial charge < -0.3 is 10.2 Å². The molecule has 0 bridgehead atoms. The van der Waals surface area contributed by atoms with Crippen LogP contribution in [0.2, 0.25) is 5.02 Å². The number of nitriles is 1. The van der Waals surface area contributed by atoms with Crippen molar-refractivity contribution in [2.75, 3.05) is 23.3 Å². The summed E-state index contributed by atoms with van der Waals surface area (Å²) in [6.45, 7) is 5.42. The zero-order valence-corrected chi connectivity index (χ0v) is 17.8. The first kappa shape index (κ1) is 20.2. The number of halogens is 1. The number of aromatic nitrogens is 1. The number of rotatable bonds is 3. The van der Waals surface area contributed by atoms with Crippen LogP contribution in [0.4, 0.5) is 11.4 Å². The Kier molecular flexibility index (Phi) is 5.61. The molecule has 6 heteroatoms. The van der Waals surface area contributed by atoms with Crippen molar-refractivity contribution in [2.45, 2.75) is 26.7 Å². The maximum Gasteiger partial charge on any atom is 0.227 e. The molecular formula is C24H23ClN4O. The number of anilines is 2. The Balaban J connectivity index is 1.52. The second-order valence-electron chi connectivity index (χ2n) is 7.86. The molecule has 1 aromatic heterocycles. The van der Waals surface area contributed by atoms with E-state index in [0.29, 0.717) is 23.7 Å². The second-order valence-corrected chi connectivity index (χ2v) is 8.30. The van der Waals surface area contributed by atoms with Crippen LogP contribution in [0.25, 0.3) is 10.9 Å². The molecule has 0 spiro atoms. The van der Waals surface area contributed by atoms with E-state index in [-0.39, 0.29) is 11.8 Å². The number of piperidine rings is 1. The van der Waals surface area contributed by atoms with Crippen molar-refractivity contribution in [3.8, 4) is 6.07 Å². The van der Waals surface area contributed by atoms with Gasteiger partial charge in [-0.15, -0.1) is 0 Å². The molecule has 0 unspecified atom stereocenters. The smallest absolute Gasteiger partial charge is 0.227 e. The number of aryl methyl sites for hydroxylation is 2. The zero-order chi connectivity index (χ0) is 21.3. The van der Waals surface area contributed by atoms with Gasteiger partial charge in [0, 0.05) is 41.3 Å². The van der Waals surface area contributed by atoms with Crippen LogP contribution in [0.1, 0.15) is 29.5 Å². The number of nitrogens with one attached hydrogen (secondary N) is 1. The highest BCUT2D eigenvalue weighted by Gasteiger charge is 2.27. The van der Waals surface area contributed by atoms with E-state index in [1.165, 1.54) is 0 Å². The third-order valence-electron chi connectivity index (χ3n) is 5.75. The molecule has 30 heavy (non-hydrogen) atoms. The first-order valence-corrected chi connectivity index (χ1v) is 10.5. The molecule has 1 N–H and O–H groups in total. The number of carbonyl (C=O) groups is 1. The van der Waals surface area contributed by atoms with Crippen molar-refractivity contribution in [1.29, 1.82) is 5.26 Å². The van der Waals surface area contributed by atoms with Crippen LogP contribution < -0.4 is 10.2 Å². The molecule has 2 aromatic carbocycles. The molecule has 5 nitrogen and oxygen atoms in total. The average molecular weight is 419 g/mol. The Labute approximate surface area is 181 Å². The van der Waals surface area contributed by atoms with E-state index in [0.717, 1.165) is 46.2 Å². The van der Waals surface area contributed by atoms with E-state index in [4.69, 9.17) is 11.6 Å². The van der Waals surface area contributed by atoms with E-state index in [2.05, 4.69) is 27.3 Å². The van der Waals surface area contributed by atoms with Crippen LogP contribution in [-0.2, 0) is 4.79 Å². The largest absolute Gasteiger partial charge is 0.370 e. The van der Waals surface area contributed by atoms with Crippen molar-refractivity contribution < 1.29 is 4.79 Å². The first-order chi connectivity index (χ1) is 14.5. The third-order valence-corrected chi connectivity index (χ3v) is 5.99. The second kappa shape index (κ2) is 8.33. The van der Waals surface area contributed by atoms with Gasteiger partial charge in [-0.1, -0.05) is 29.3 Å². The number of hydrogen-bond donors (Lipinski definition) is 1. The fourth-order valence-electron chi connectivity index (χ4n) is 4.04. The minimum atomic E-state index is -0.0694. The van der Waals surface area contributed by atoms with Crippen molar-refractivity contribution in [1.82, 2.24) is 4.98 Å². The summed E-state index contributed by atoms with van der Waals surface area (Å²) in [7, 11) is 0. The van der Waals surface area contributed by atoms with Gasteiger partial charge in [-0.3, -0.25) is 9.78 Å². The lowest BCUT2D eigenvalue weighted by atomic mass is 9.94. The summed E-state index contributed by atoms with van der Waals surface area (Å²) >= 11 is 6.07. The molecule has 2 heterocycles. The molecular weight excluding hydrogens is 396 g/mol. The van der Waals surface area contributed by atoms with E-state index < -0.39 is 0 Å². The van der Waals surface area contributed by atoms with Crippen LogP contribution in [0.15, 0.2) is 42.6 Å². The Morgan fingerprint density at radius 1 is 1.20 bits per heavy atom. The molecule has 0 radical (unpaired) electrons. The van der Waals surface area contributed by atoms with E-state index in [1.54, 1.807) is 12.3 Å². The topological polar surface area (TPSA) is 69.0 Å². The van der Waals surface area contributed by atoms with Crippen molar-refractivity contribution in [3.05, 3.63) is 64.3 Å². The van der Waals surface area contributed by atoms with Gasteiger partial charge in [0.1, 0.15) is 6.07 Å². The lowest BCUT2D eigenvalue weighted by Gasteiger charge is -2.34. The summed E-state index contributed by atoms with van der Waals surface area (Å²) in [5, 5.41) is 14.3. The summed E-state index contributed by atoms with van der Waals surface area (Å²) in [6, 6.07) is 13.9. The summed E-state index contributed by atoms with van der Waals surface area (Å²) < 4.78 is 0. The van der Waals surface area contributed by atoms with Gasteiger partial charge in [0.2, 0.25) is 5.91 Å². The van der Waals surface area contributed by atoms with Crippen LogP contribution in [-0.4, -0.2) is 24.0 Å². The molecule has 0 atom stereocenters. The molecule has 3 aromatic rings. The Morgan fingerprint density at radius 2 is 1.97 bits per heavy atom. The average Bonchev–Trinajstić information content (AvgIpc) is 2.75. The van der Waals surface area contributed by atoms with Gasteiger partial charge >= 0.3 is 0 Å². The maximum atomic E-state index is 12.8. The fraction of sp³-hybridized carbons (Fsp3) is 0.292. The highest BCUT2D eigenvalue weighted by molar-refractivity contribution is 6.31. The number of amides is 1. The number of pyridine rings is 1. The van der Waals surface area contributed by atoms with E-state index in [9.17, 15) is 10.1 Å². The molecule has 152 valence electrons. The molecule has 1 aliphatic heterocycles. The zero-order valence-electron chi connectivity index (χ0n) is 17.1. The Morgan fingerprint density at radius 3 is 2.70 bits per heavy atom. The number of nitrogens with zero attached hydrogens (tertiary/aromatic N) is 3. The first-order valence-electron chi connectivity index (χ1n) is 10.1. The molecule has 0 saturated carbocycles. The monoisotopic (exact) mass is 418 g/mol. The molecule has 1 amide bonds. The highest BCUT2D eigenvalue weighted by Crippen LogP contribution is 2.33. The number of hydrogen-bond acceptors (Lipinski definition) is 4. The summed E-state index contributed by atoms with van der Waals surface area (Å²) in [6.07, 6.45) is 3.10. The van der Waals surface area contributed by atoms with Gasteiger partial charge in [0.05, 0.1) is 16.8 Å². The molecule has 1 aliphatic rings. The fourth-order valence-corrected chi connectivity index (χ4v) is 4.22. The van der Waals surface area contributed by atoms with Crippen LogP contribution in [0.3, 0.4) is 0 Å². The van der Waals surface area contributed by atoms with Gasteiger partial charge in [-0.25, -0.2) is 0 Å². The lowest BCUT2D eigenvalue weighted by molar-refractivity contribution is -0.120. The van der Waals surface area contributed by atoms with E-state index in [1.807, 2.05) is 38.1 Å². The van der Waals surface area contributed by atoms with Crippen molar-refractivity contribution in [2.24, 2.45) is 5.92 Å². The minimum Gasteiger partial charge on any atom is -0.370 e. The summed E-state index contributed by atoms with van der Waals surface area (Å²) in [4.78, 5) is 19.5.